The molecule has 0 saturated heterocycles. The normalized spacial score (nSPS) is 10.7. The Kier molecular flexibility index (Phi) is 3.39. The van der Waals surface area contributed by atoms with Gasteiger partial charge in [-0.3, -0.25) is 4.68 Å². The van der Waals surface area contributed by atoms with E-state index in [9.17, 15) is 0 Å². The second-order valence-corrected chi connectivity index (χ2v) is 4.53. The number of hydrogen-bond acceptors (Lipinski definition) is 5. The number of ether oxygens (including phenoxy) is 1. The quantitative estimate of drug-likeness (QED) is 0.739. The van der Waals surface area contributed by atoms with Gasteiger partial charge in [0.25, 0.3) is 0 Å². The highest BCUT2D eigenvalue weighted by atomic mass is 35.5. The van der Waals surface area contributed by atoms with Gasteiger partial charge in [0.2, 0.25) is 12.3 Å². The van der Waals surface area contributed by atoms with E-state index in [1.54, 1.807) is 17.8 Å². The molecule has 0 saturated carbocycles. The predicted molar refractivity (Wildman–Crippen MR) is 72.3 cm³/mol. The minimum absolute atomic E-state index is 0.362. The summed E-state index contributed by atoms with van der Waals surface area (Å²) in [5.41, 5.74) is 1.62. The average molecular weight is 291 g/mol. The van der Waals surface area contributed by atoms with E-state index < -0.39 is 0 Å². The van der Waals surface area contributed by atoms with Crippen molar-refractivity contribution < 1.29 is 9.15 Å². The fourth-order valence-electron chi connectivity index (χ4n) is 1.72. The summed E-state index contributed by atoms with van der Waals surface area (Å²) in [6.45, 7) is 0.362. The van der Waals surface area contributed by atoms with E-state index in [1.807, 2.05) is 24.3 Å². The van der Waals surface area contributed by atoms with Crippen LogP contribution in [0, 0.1) is 0 Å². The number of nitrogens with zero attached hydrogens (tertiary/aromatic N) is 4. The van der Waals surface area contributed by atoms with Crippen LogP contribution >= 0.6 is 11.6 Å². The van der Waals surface area contributed by atoms with Gasteiger partial charge in [-0.15, -0.1) is 10.2 Å². The number of aromatic nitrogens is 4. The molecule has 6 nitrogen and oxygen atoms in total. The van der Waals surface area contributed by atoms with Crippen LogP contribution in [0.4, 0.5) is 0 Å². The molecule has 0 amide bonds. The van der Waals surface area contributed by atoms with Crippen molar-refractivity contribution in [1.82, 2.24) is 20.0 Å². The van der Waals surface area contributed by atoms with E-state index in [0.717, 1.165) is 17.0 Å². The van der Waals surface area contributed by atoms with Crippen molar-refractivity contribution in [2.75, 3.05) is 0 Å². The lowest BCUT2D eigenvalue weighted by Crippen LogP contribution is -1.98. The molecule has 3 aromatic rings. The summed E-state index contributed by atoms with van der Waals surface area (Å²) in [4.78, 5) is 0. The third-order valence-corrected chi connectivity index (χ3v) is 3.08. The SMILES string of the molecule is Cn1nc(COc2ccc(-c3nnco3)cc2)cc1Cl. The maximum Gasteiger partial charge on any atom is 0.247 e. The maximum absolute atomic E-state index is 5.91. The molecule has 0 radical (unpaired) electrons. The highest BCUT2D eigenvalue weighted by Gasteiger charge is 2.05. The summed E-state index contributed by atoms with van der Waals surface area (Å²) in [5, 5.41) is 12.3. The second kappa shape index (κ2) is 5.34. The van der Waals surface area contributed by atoms with Crippen LogP contribution in [0.15, 0.2) is 41.1 Å². The summed E-state index contributed by atoms with van der Waals surface area (Å²) in [7, 11) is 1.78. The fourth-order valence-corrected chi connectivity index (χ4v) is 1.88. The van der Waals surface area contributed by atoms with Gasteiger partial charge >= 0.3 is 0 Å². The smallest absolute Gasteiger partial charge is 0.247 e. The minimum Gasteiger partial charge on any atom is -0.487 e. The Morgan fingerprint density at radius 2 is 2.10 bits per heavy atom. The minimum atomic E-state index is 0.362. The molecular formula is C13H11ClN4O2. The molecule has 2 aromatic heterocycles. The van der Waals surface area contributed by atoms with Crippen molar-refractivity contribution in [2.45, 2.75) is 6.61 Å². The van der Waals surface area contributed by atoms with Crippen LogP contribution in [-0.2, 0) is 13.7 Å². The molecule has 0 spiro atoms. The topological polar surface area (TPSA) is 66.0 Å². The lowest BCUT2D eigenvalue weighted by molar-refractivity contribution is 0.300. The Morgan fingerprint density at radius 3 is 2.70 bits per heavy atom. The first-order chi connectivity index (χ1) is 9.72. The molecule has 0 N–H and O–H groups in total. The van der Waals surface area contributed by atoms with Crippen molar-refractivity contribution in [3.05, 3.63) is 47.6 Å². The second-order valence-electron chi connectivity index (χ2n) is 4.14. The monoisotopic (exact) mass is 290 g/mol. The number of aryl methyl sites for hydroxylation is 1. The van der Waals surface area contributed by atoms with Crippen LogP contribution in [0.5, 0.6) is 5.75 Å². The fraction of sp³-hybridized carbons (Fsp3) is 0.154. The van der Waals surface area contributed by atoms with Crippen molar-refractivity contribution in [3.8, 4) is 17.2 Å². The van der Waals surface area contributed by atoms with E-state index in [-0.39, 0.29) is 0 Å². The molecule has 0 atom stereocenters. The molecule has 1 aromatic carbocycles. The summed E-state index contributed by atoms with van der Waals surface area (Å²) in [6.07, 6.45) is 1.30. The molecule has 0 aliphatic rings. The first-order valence-corrected chi connectivity index (χ1v) is 6.28. The first kappa shape index (κ1) is 12.7. The first-order valence-electron chi connectivity index (χ1n) is 5.90. The molecule has 0 unspecified atom stereocenters. The molecule has 2 heterocycles. The lowest BCUT2D eigenvalue weighted by Gasteiger charge is -2.04. The van der Waals surface area contributed by atoms with Gasteiger partial charge in [0.05, 0.1) is 0 Å². The summed E-state index contributed by atoms with van der Waals surface area (Å²) < 4.78 is 12.3. The van der Waals surface area contributed by atoms with Crippen molar-refractivity contribution >= 4 is 11.6 Å². The molecule has 0 bridgehead atoms. The highest BCUT2D eigenvalue weighted by molar-refractivity contribution is 6.29. The Labute approximate surface area is 120 Å². The van der Waals surface area contributed by atoms with E-state index in [1.165, 1.54) is 6.39 Å². The number of rotatable bonds is 4. The van der Waals surface area contributed by atoms with Gasteiger partial charge in [0, 0.05) is 18.7 Å². The summed E-state index contributed by atoms with van der Waals surface area (Å²) in [5.74, 6) is 1.21. The Balaban J connectivity index is 1.66. The molecule has 102 valence electrons. The largest absolute Gasteiger partial charge is 0.487 e. The van der Waals surface area contributed by atoms with Crippen molar-refractivity contribution in [2.24, 2.45) is 7.05 Å². The Morgan fingerprint density at radius 1 is 1.30 bits per heavy atom. The van der Waals surface area contributed by atoms with Crippen molar-refractivity contribution in [3.63, 3.8) is 0 Å². The molecular weight excluding hydrogens is 280 g/mol. The van der Waals surface area contributed by atoms with Crippen LogP contribution < -0.4 is 4.74 Å². The van der Waals surface area contributed by atoms with Gasteiger partial charge < -0.3 is 9.15 Å². The van der Waals surface area contributed by atoms with E-state index in [4.69, 9.17) is 20.8 Å². The van der Waals surface area contributed by atoms with Crippen LogP contribution in [0.3, 0.4) is 0 Å². The van der Waals surface area contributed by atoms with E-state index in [2.05, 4.69) is 15.3 Å². The summed E-state index contributed by atoms with van der Waals surface area (Å²) >= 11 is 5.91. The van der Waals surface area contributed by atoms with E-state index in [0.29, 0.717) is 17.7 Å². The Bertz CT molecular complexity index is 672. The standard InChI is InChI=1S/C13H11ClN4O2/c1-18-12(14)6-10(17-18)7-19-11-4-2-9(3-5-11)13-16-15-8-20-13/h2-6,8H,7H2,1H3. The van der Waals surface area contributed by atoms with Gasteiger partial charge in [-0.2, -0.15) is 5.10 Å². The zero-order chi connectivity index (χ0) is 13.9. The molecule has 0 aliphatic heterocycles. The highest BCUT2D eigenvalue weighted by Crippen LogP contribution is 2.21. The number of halogens is 1. The van der Waals surface area contributed by atoms with Crippen LogP contribution in [0.2, 0.25) is 5.15 Å². The molecule has 3 rings (SSSR count). The summed E-state index contributed by atoms with van der Waals surface area (Å²) in [6, 6.07) is 9.16. The van der Waals surface area contributed by atoms with Gasteiger partial charge in [-0.25, -0.2) is 0 Å². The zero-order valence-electron chi connectivity index (χ0n) is 10.7. The molecule has 0 aliphatic carbocycles. The third kappa shape index (κ3) is 2.65. The lowest BCUT2D eigenvalue weighted by atomic mass is 10.2. The van der Waals surface area contributed by atoms with Gasteiger partial charge in [0.1, 0.15) is 23.2 Å². The predicted octanol–water partition coefficient (Wildman–Crippen LogP) is 2.70. The average Bonchev–Trinajstić information content (AvgIpc) is 3.08. The van der Waals surface area contributed by atoms with Gasteiger partial charge in [-0.1, -0.05) is 11.6 Å². The van der Waals surface area contributed by atoms with Crippen LogP contribution in [0.25, 0.3) is 11.5 Å². The van der Waals surface area contributed by atoms with Gasteiger partial charge in [-0.05, 0) is 24.3 Å². The third-order valence-electron chi connectivity index (χ3n) is 2.72. The molecule has 7 heteroatoms. The zero-order valence-corrected chi connectivity index (χ0v) is 11.4. The van der Waals surface area contributed by atoms with Crippen LogP contribution in [-0.4, -0.2) is 20.0 Å². The number of benzene rings is 1. The maximum atomic E-state index is 5.91. The molecule has 20 heavy (non-hydrogen) atoms. The molecule has 0 fully saturated rings. The van der Waals surface area contributed by atoms with Crippen molar-refractivity contribution in [1.29, 1.82) is 0 Å². The number of hydrogen-bond donors (Lipinski definition) is 0. The Hall–Kier alpha value is -2.34. The van der Waals surface area contributed by atoms with E-state index >= 15 is 0 Å². The van der Waals surface area contributed by atoms with Gasteiger partial charge in [0.15, 0.2) is 0 Å². The van der Waals surface area contributed by atoms with Crippen LogP contribution in [0.1, 0.15) is 5.69 Å².